The molecule has 0 radical (unpaired) electrons. The zero-order valence-electron chi connectivity index (χ0n) is 18.3. The lowest BCUT2D eigenvalue weighted by Gasteiger charge is -2.24. The molecule has 1 aliphatic carbocycles. The fourth-order valence-electron chi connectivity index (χ4n) is 4.83. The number of nitriles is 1. The Morgan fingerprint density at radius 1 is 1.25 bits per heavy atom. The molecule has 0 amide bonds. The molecule has 1 aromatic heterocycles. The van der Waals surface area contributed by atoms with E-state index in [-0.39, 0.29) is 12.2 Å². The highest BCUT2D eigenvalue weighted by Crippen LogP contribution is 2.41. The Morgan fingerprint density at radius 3 is 2.88 bits per heavy atom. The van der Waals surface area contributed by atoms with Crippen LogP contribution in [0.2, 0.25) is 0 Å². The highest BCUT2D eigenvalue weighted by molar-refractivity contribution is 5.67. The molecule has 7 heteroatoms. The van der Waals surface area contributed by atoms with Crippen LogP contribution >= 0.6 is 0 Å². The van der Waals surface area contributed by atoms with Crippen molar-refractivity contribution in [3.8, 4) is 34.7 Å². The number of fused-ring (bicyclic) bond motifs is 1. The maximum Gasteiger partial charge on any atom is 0.258 e. The number of aromatic nitrogens is 2. The number of nitrogens with zero attached hydrogens (tertiary/aromatic N) is 4. The second-order valence-electron chi connectivity index (χ2n) is 8.78. The molecule has 2 aliphatic rings. The Hall–Kier alpha value is -3.21. The molecular formula is C25H26N4O3. The van der Waals surface area contributed by atoms with E-state index in [0.717, 1.165) is 37.9 Å². The molecule has 7 nitrogen and oxygen atoms in total. The summed E-state index contributed by atoms with van der Waals surface area (Å²) in [5.41, 5.74) is 4.66. The lowest BCUT2D eigenvalue weighted by molar-refractivity contribution is 0.159. The summed E-state index contributed by atoms with van der Waals surface area (Å²) in [4.78, 5) is 7.03. The molecule has 3 aromatic rings. The van der Waals surface area contributed by atoms with Crippen molar-refractivity contribution in [2.75, 3.05) is 13.1 Å². The van der Waals surface area contributed by atoms with Gasteiger partial charge in [0.2, 0.25) is 5.82 Å². The molecule has 1 N–H and O–H groups in total. The number of likely N-dealkylation sites (tertiary alicyclic amines) is 1. The Kier molecular flexibility index (Phi) is 5.41. The predicted molar refractivity (Wildman–Crippen MR) is 119 cm³/mol. The van der Waals surface area contributed by atoms with Gasteiger partial charge in [0, 0.05) is 30.3 Å². The summed E-state index contributed by atoms with van der Waals surface area (Å²) in [7, 11) is 0. The van der Waals surface area contributed by atoms with Gasteiger partial charge in [0.25, 0.3) is 5.89 Å². The van der Waals surface area contributed by atoms with Crippen LogP contribution in [-0.2, 0) is 6.42 Å². The molecule has 0 bridgehead atoms. The van der Waals surface area contributed by atoms with Crippen molar-refractivity contribution >= 4 is 0 Å². The highest BCUT2D eigenvalue weighted by Gasteiger charge is 2.34. The van der Waals surface area contributed by atoms with Gasteiger partial charge in [-0.3, -0.25) is 4.90 Å². The molecule has 1 aliphatic heterocycles. The average molecular weight is 431 g/mol. The molecule has 32 heavy (non-hydrogen) atoms. The minimum atomic E-state index is -0.224. The quantitative estimate of drug-likeness (QED) is 0.651. The van der Waals surface area contributed by atoms with Crippen LogP contribution in [0.5, 0.6) is 5.75 Å². The first-order valence-electron chi connectivity index (χ1n) is 11.1. The van der Waals surface area contributed by atoms with Crippen LogP contribution in [0.25, 0.3) is 22.8 Å². The monoisotopic (exact) mass is 430 g/mol. The maximum atomic E-state index is 9.95. The van der Waals surface area contributed by atoms with Crippen molar-refractivity contribution < 1.29 is 14.4 Å². The first-order chi connectivity index (χ1) is 15.5. The third-order valence-corrected chi connectivity index (χ3v) is 6.25. The first kappa shape index (κ1) is 20.7. The van der Waals surface area contributed by atoms with Gasteiger partial charge in [0.15, 0.2) is 0 Å². The van der Waals surface area contributed by atoms with Crippen molar-refractivity contribution in [3.05, 3.63) is 53.1 Å². The van der Waals surface area contributed by atoms with Crippen LogP contribution < -0.4 is 4.74 Å². The van der Waals surface area contributed by atoms with Crippen molar-refractivity contribution in [1.29, 1.82) is 5.26 Å². The number of rotatable bonds is 5. The minimum Gasteiger partial charge on any atom is -0.490 e. The normalized spacial score (nSPS) is 20.5. The van der Waals surface area contributed by atoms with E-state index in [2.05, 4.69) is 27.2 Å². The number of β-amino-alcohol motifs (C(OH)–C–C–N with tert-alkyl or cyclic N) is 1. The lowest BCUT2D eigenvalue weighted by Crippen LogP contribution is -2.26. The Balaban J connectivity index is 1.44. The summed E-state index contributed by atoms with van der Waals surface area (Å²) >= 11 is 0. The van der Waals surface area contributed by atoms with Crippen molar-refractivity contribution in [2.24, 2.45) is 0 Å². The summed E-state index contributed by atoms with van der Waals surface area (Å²) in [6, 6.07) is 14.1. The number of aliphatic hydroxyl groups excluding tert-OH is 1. The third kappa shape index (κ3) is 3.77. The smallest absolute Gasteiger partial charge is 0.258 e. The number of hydrogen-bond donors (Lipinski definition) is 1. The van der Waals surface area contributed by atoms with Gasteiger partial charge in [-0.1, -0.05) is 23.4 Å². The van der Waals surface area contributed by atoms with Gasteiger partial charge in [-0.2, -0.15) is 10.2 Å². The molecule has 0 spiro atoms. The van der Waals surface area contributed by atoms with E-state index < -0.39 is 0 Å². The van der Waals surface area contributed by atoms with E-state index >= 15 is 0 Å². The van der Waals surface area contributed by atoms with Crippen LogP contribution in [0.15, 0.2) is 40.9 Å². The van der Waals surface area contributed by atoms with Gasteiger partial charge < -0.3 is 14.4 Å². The van der Waals surface area contributed by atoms with Crippen LogP contribution in [0.1, 0.15) is 49.4 Å². The van der Waals surface area contributed by atoms with Crippen molar-refractivity contribution in [2.45, 2.75) is 51.4 Å². The summed E-state index contributed by atoms with van der Waals surface area (Å²) in [6.45, 7) is 5.51. The van der Waals surface area contributed by atoms with Crippen LogP contribution in [0, 0.1) is 11.3 Å². The molecule has 1 fully saturated rings. The largest absolute Gasteiger partial charge is 0.490 e. The molecule has 0 saturated carbocycles. The van der Waals surface area contributed by atoms with Gasteiger partial charge in [0.05, 0.1) is 17.8 Å². The second-order valence-corrected chi connectivity index (χ2v) is 8.78. The first-order valence-corrected chi connectivity index (χ1v) is 11.1. The molecule has 1 unspecified atom stereocenters. The number of ether oxygens (including phenoxy) is 1. The summed E-state index contributed by atoms with van der Waals surface area (Å²) in [6.07, 6.45) is 2.58. The summed E-state index contributed by atoms with van der Waals surface area (Å²) in [5.74, 6) is 1.48. The number of hydrogen-bond acceptors (Lipinski definition) is 7. The van der Waals surface area contributed by atoms with E-state index in [1.165, 1.54) is 11.1 Å². The topological polar surface area (TPSA) is 95.4 Å². The standard InChI is InChI=1S/C25H26N4O3/c1-15(2)31-23-9-6-16(12-17(23)13-26)25-27-24(28-32-25)21-5-3-4-20-19(21)7-8-22(20)29-11-10-18(30)14-29/h3-6,9,12,15,18,22,30H,7-8,10-11,14H2,1-2H3/t18-,22?/m0/s1. The summed E-state index contributed by atoms with van der Waals surface area (Å²) in [5, 5.41) is 23.7. The average Bonchev–Trinajstić information content (AvgIpc) is 3.52. The van der Waals surface area contributed by atoms with Crippen LogP contribution in [0.3, 0.4) is 0 Å². The van der Waals surface area contributed by atoms with Crippen molar-refractivity contribution in [3.63, 3.8) is 0 Å². The molecular weight excluding hydrogens is 404 g/mol. The highest BCUT2D eigenvalue weighted by atomic mass is 16.5. The van der Waals surface area contributed by atoms with E-state index in [1.807, 2.05) is 32.0 Å². The molecule has 1 saturated heterocycles. The van der Waals surface area contributed by atoms with Crippen LogP contribution in [-0.4, -0.2) is 45.4 Å². The number of benzene rings is 2. The zero-order chi connectivity index (χ0) is 22.2. The maximum absolute atomic E-state index is 9.95. The van der Waals surface area contributed by atoms with Gasteiger partial charge in [0.1, 0.15) is 11.8 Å². The van der Waals surface area contributed by atoms with Gasteiger partial charge in [-0.05, 0) is 62.4 Å². The van der Waals surface area contributed by atoms with Gasteiger partial charge >= 0.3 is 0 Å². The van der Waals surface area contributed by atoms with Crippen LogP contribution in [0.4, 0.5) is 0 Å². The fraction of sp³-hybridized carbons (Fsp3) is 0.400. The third-order valence-electron chi connectivity index (χ3n) is 6.25. The van der Waals surface area contributed by atoms with E-state index in [9.17, 15) is 10.4 Å². The molecule has 5 rings (SSSR count). The minimum absolute atomic E-state index is 0.0178. The van der Waals surface area contributed by atoms with Gasteiger partial charge in [-0.25, -0.2) is 0 Å². The molecule has 164 valence electrons. The Morgan fingerprint density at radius 2 is 2.12 bits per heavy atom. The van der Waals surface area contributed by atoms with E-state index in [1.54, 1.807) is 12.1 Å². The SMILES string of the molecule is CC(C)Oc1ccc(-c2nc(-c3cccc4c3CCC4N3CC[C@H](O)C3)no2)cc1C#N. The Labute approximate surface area is 187 Å². The Bertz CT molecular complexity index is 1180. The van der Waals surface area contributed by atoms with Crippen molar-refractivity contribution in [1.82, 2.24) is 15.0 Å². The summed E-state index contributed by atoms with van der Waals surface area (Å²) < 4.78 is 11.3. The van der Waals surface area contributed by atoms with E-state index in [0.29, 0.717) is 34.6 Å². The molecule has 2 heterocycles. The van der Waals surface area contributed by atoms with Gasteiger partial charge in [-0.15, -0.1) is 0 Å². The fourth-order valence-corrected chi connectivity index (χ4v) is 4.83. The second kappa shape index (κ2) is 8.38. The van der Waals surface area contributed by atoms with E-state index in [4.69, 9.17) is 9.26 Å². The zero-order valence-corrected chi connectivity index (χ0v) is 18.3. The lowest BCUT2D eigenvalue weighted by atomic mass is 10.0. The molecule has 2 aromatic carbocycles. The molecule has 2 atom stereocenters. The predicted octanol–water partition coefficient (Wildman–Crippen LogP) is 4.12. The number of aliphatic hydroxyl groups is 1.